The second kappa shape index (κ2) is 3.83. The van der Waals surface area contributed by atoms with Crippen molar-refractivity contribution in [2.45, 2.75) is 18.9 Å². The topological polar surface area (TPSA) is 34.7 Å². The number of alkyl halides is 1. The Balaban J connectivity index is 1.91. The molecule has 3 nitrogen and oxygen atoms in total. The van der Waals surface area contributed by atoms with Crippen LogP contribution in [0.15, 0.2) is 28.0 Å². The van der Waals surface area contributed by atoms with Gasteiger partial charge in [-0.3, -0.25) is 0 Å². The van der Waals surface area contributed by atoms with Crippen molar-refractivity contribution in [3.8, 4) is 0 Å². The lowest BCUT2D eigenvalue weighted by Gasteiger charge is -1.99. The fourth-order valence-corrected chi connectivity index (χ4v) is 1.45. The molecule has 0 N–H and O–H groups in total. The number of nitrogens with zero attached hydrogens (tertiary/aromatic N) is 1. The molecule has 4 heteroatoms. The molecule has 0 amide bonds. The normalized spacial score (nSPS) is 21.3. The molecule has 1 aliphatic rings. The zero-order chi connectivity index (χ0) is 9.10. The van der Waals surface area contributed by atoms with Gasteiger partial charge in [-0.2, -0.15) is 0 Å². The number of furan rings is 1. The maximum Gasteiger partial charge on any atom is 0.146 e. The van der Waals surface area contributed by atoms with Gasteiger partial charge in [0.25, 0.3) is 0 Å². The zero-order valence-electron chi connectivity index (χ0n) is 7.07. The van der Waals surface area contributed by atoms with Crippen molar-refractivity contribution in [2.75, 3.05) is 5.88 Å². The average Bonchev–Trinajstić information content (AvgIpc) is 2.76. The number of rotatable bonds is 3. The summed E-state index contributed by atoms with van der Waals surface area (Å²) in [6, 6.07) is 3.79. The second-order valence-electron chi connectivity index (χ2n) is 3.00. The van der Waals surface area contributed by atoms with Crippen LogP contribution in [-0.4, -0.2) is 17.7 Å². The van der Waals surface area contributed by atoms with Crippen molar-refractivity contribution in [3.63, 3.8) is 0 Å². The Labute approximate surface area is 81.3 Å². The van der Waals surface area contributed by atoms with E-state index in [2.05, 4.69) is 5.16 Å². The largest absolute Gasteiger partial charge is 0.469 e. The van der Waals surface area contributed by atoms with Crippen molar-refractivity contribution in [3.05, 3.63) is 24.2 Å². The molecule has 0 spiro atoms. The van der Waals surface area contributed by atoms with Crippen LogP contribution in [0.2, 0.25) is 0 Å². The van der Waals surface area contributed by atoms with Crippen LogP contribution < -0.4 is 0 Å². The smallest absolute Gasteiger partial charge is 0.146 e. The molecule has 0 fully saturated rings. The molecule has 2 heterocycles. The Morgan fingerprint density at radius 3 is 3.15 bits per heavy atom. The van der Waals surface area contributed by atoms with Crippen LogP contribution in [0.3, 0.4) is 0 Å². The van der Waals surface area contributed by atoms with Gasteiger partial charge in [0.2, 0.25) is 0 Å². The molecule has 0 bridgehead atoms. The molecular formula is C9H10ClNO2. The molecule has 13 heavy (non-hydrogen) atoms. The molecule has 1 aromatic heterocycles. The Kier molecular flexibility index (Phi) is 2.54. The summed E-state index contributed by atoms with van der Waals surface area (Å²) >= 11 is 5.63. The molecule has 1 aromatic rings. The van der Waals surface area contributed by atoms with Gasteiger partial charge in [0.05, 0.1) is 17.9 Å². The highest BCUT2D eigenvalue weighted by molar-refractivity contribution is 6.18. The molecule has 0 aliphatic carbocycles. The molecule has 0 radical (unpaired) electrons. The van der Waals surface area contributed by atoms with Gasteiger partial charge < -0.3 is 9.25 Å². The first-order chi connectivity index (χ1) is 6.38. The van der Waals surface area contributed by atoms with Gasteiger partial charge >= 0.3 is 0 Å². The Morgan fingerprint density at radius 1 is 1.62 bits per heavy atom. The van der Waals surface area contributed by atoms with Gasteiger partial charge in [0, 0.05) is 12.8 Å². The first-order valence-corrected chi connectivity index (χ1v) is 4.72. The summed E-state index contributed by atoms with van der Waals surface area (Å²) < 4.78 is 5.19. The highest BCUT2D eigenvalue weighted by atomic mass is 35.5. The van der Waals surface area contributed by atoms with Gasteiger partial charge in [-0.15, -0.1) is 11.6 Å². The van der Waals surface area contributed by atoms with E-state index in [1.54, 1.807) is 6.26 Å². The monoisotopic (exact) mass is 199 g/mol. The molecule has 1 atom stereocenters. The van der Waals surface area contributed by atoms with E-state index in [4.69, 9.17) is 20.9 Å². The van der Waals surface area contributed by atoms with Gasteiger partial charge in [-0.1, -0.05) is 5.16 Å². The quantitative estimate of drug-likeness (QED) is 0.700. The lowest BCUT2D eigenvalue weighted by molar-refractivity contribution is 0.102. The van der Waals surface area contributed by atoms with Crippen molar-refractivity contribution in [1.29, 1.82) is 0 Å². The highest BCUT2D eigenvalue weighted by Gasteiger charge is 2.20. The third kappa shape index (κ3) is 2.04. The number of oxime groups is 1. The minimum Gasteiger partial charge on any atom is -0.469 e. The van der Waals surface area contributed by atoms with Crippen LogP contribution in [-0.2, 0) is 11.3 Å². The minimum absolute atomic E-state index is 0.0478. The van der Waals surface area contributed by atoms with Crippen LogP contribution in [0.5, 0.6) is 0 Å². The SMILES string of the molecule is ClCC1CC(Cc2ccco2)=NO1. The van der Waals surface area contributed by atoms with Crippen molar-refractivity contribution < 1.29 is 9.25 Å². The van der Waals surface area contributed by atoms with Crippen molar-refractivity contribution in [2.24, 2.45) is 5.16 Å². The molecule has 70 valence electrons. The molecule has 0 aromatic carbocycles. The standard InChI is InChI=1S/C9H10ClNO2/c10-6-9-5-7(11-13-9)4-8-2-1-3-12-8/h1-3,9H,4-6H2. The summed E-state index contributed by atoms with van der Waals surface area (Å²) in [6.45, 7) is 0. The van der Waals surface area contributed by atoms with Crippen LogP contribution in [0.1, 0.15) is 12.2 Å². The van der Waals surface area contributed by atoms with Gasteiger partial charge in [-0.25, -0.2) is 0 Å². The molecule has 1 unspecified atom stereocenters. The zero-order valence-corrected chi connectivity index (χ0v) is 7.83. The van der Waals surface area contributed by atoms with E-state index in [-0.39, 0.29) is 6.10 Å². The van der Waals surface area contributed by atoms with Gasteiger partial charge in [-0.05, 0) is 12.1 Å². The van der Waals surface area contributed by atoms with Gasteiger partial charge in [0.1, 0.15) is 11.9 Å². The van der Waals surface area contributed by atoms with E-state index in [1.807, 2.05) is 12.1 Å². The number of hydrogen-bond acceptors (Lipinski definition) is 3. The van der Waals surface area contributed by atoms with Crippen LogP contribution in [0, 0.1) is 0 Å². The van der Waals surface area contributed by atoms with E-state index < -0.39 is 0 Å². The van der Waals surface area contributed by atoms with E-state index in [0.29, 0.717) is 5.88 Å². The average molecular weight is 200 g/mol. The fraction of sp³-hybridized carbons (Fsp3) is 0.444. The fourth-order valence-electron chi connectivity index (χ4n) is 1.29. The van der Waals surface area contributed by atoms with E-state index >= 15 is 0 Å². The van der Waals surface area contributed by atoms with E-state index in [0.717, 1.165) is 24.3 Å². The van der Waals surface area contributed by atoms with Crippen LogP contribution >= 0.6 is 11.6 Å². The first kappa shape index (κ1) is 8.63. The first-order valence-electron chi connectivity index (χ1n) is 4.18. The lowest BCUT2D eigenvalue weighted by Crippen LogP contribution is -2.10. The van der Waals surface area contributed by atoms with Crippen LogP contribution in [0.4, 0.5) is 0 Å². The lowest BCUT2D eigenvalue weighted by atomic mass is 10.1. The Morgan fingerprint density at radius 2 is 2.54 bits per heavy atom. The Bertz CT molecular complexity index is 295. The molecular weight excluding hydrogens is 190 g/mol. The molecule has 2 rings (SSSR count). The van der Waals surface area contributed by atoms with E-state index in [9.17, 15) is 0 Å². The number of halogens is 1. The summed E-state index contributed by atoms with van der Waals surface area (Å²) in [4.78, 5) is 5.08. The van der Waals surface area contributed by atoms with Crippen LogP contribution in [0.25, 0.3) is 0 Å². The maximum atomic E-state index is 5.63. The summed E-state index contributed by atoms with van der Waals surface area (Å²) in [5.74, 6) is 1.41. The predicted octanol–water partition coefficient (Wildman–Crippen LogP) is 2.21. The second-order valence-corrected chi connectivity index (χ2v) is 3.31. The Hall–Kier alpha value is -0.960. The third-order valence-electron chi connectivity index (χ3n) is 1.92. The number of hydrogen-bond donors (Lipinski definition) is 0. The highest BCUT2D eigenvalue weighted by Crippen LogP contribution is 2.15. The molecule has 0 saturated heterocycles. The predicted molar refractivity (Wildman–Crippen MR) is 50.1 cm³/mol. The molecule has 1 aliphatic heterocycles. The van der Waals surface area contributed by atoms with Gasteiger partial charge in [0.15, 0.2) is 0 Å². The third-order valence-corrected chi connectivity index (χ3v) is 2.27. The van der Waals surface area contributed by atoms with Crippen molar-refractivity contribution >= 4 is 17.3 Å². The minimum atomic E-state index is 0.0478. The summed E-state index contributed by atoms with van der Waals surface area (Å²) in [7, 11) is 0. The van der Waals surface area contributed by atoms with E-state index in [1.165, 1.54) is 0 Å². The summed E-state index contributed by atoms with van der Waals surface area (Å²) in [5.41, 5.74) is 1.00. The summed E-state index contributed by atoms with van der Waals surface area (Å²) in [6.07, 6.45) is 3.24. The molecule has 0 saturated carbocycles. The maximum absolute atomic E-state index is 5.63. The van der Waals surface area contributed by atoms with Crippen molar-refractivity contribution in [1.82, 2.24) is 0 Å². The summed E-state index contributed by atoms with van der Waals surface area (Å²) in [5, 5.41) is 3.94.